The van der Waals surface area contributed by atoms with Gasteiger partial charge in [0.25, 0.3) is 8.32 Å². The van der Waals surface area contributed by atoms with Crippen LogP contribution in [0.4, 0.5) is 0 Å². The van der Waals surface area contributed by atoms with Gasteiger partial charge in [-0.05, 0) is 36.2 Å². The Hall–Kier alpha value is -1.83. The topological polar surface area (TPSA) is 54.0 Å². The van der Waals surface area contributed by atoms with E-state index < -0.39 is 26.3 Å². The standard InChI is InChI=1S/C27H36O5Si/c1-19(17-23-25-24(22(28)18-29-23)30-27(5,6)31-25)32-33(26(2,3)4,20-13-9-7-10-14-20)21-15-11-8-12-16-21/h7-16,19,23-25H,17-18H2,1-6H3/t19?,23-,24+,25-/m0/s1. The first-order valence-corrected chi connectivity index (χ1v) is 13.7. The van der Waals surface area contributed by atoms with Crippen molar-refractivity contribution in [2.45, 2.75) is 83.2 Å². The largest absolute Gasteiger partial charge is 0.405 e. The van der Waals surface area contributed by atoms with Crippen molar-refractivity contribution in [3.8, 4) is 0 Å². The summed E-state index contributed by atoms with van der Waals surface area (Å²) in [6.07, 6.45) is -0.728. The minimum Gasteiger partial charge on any atom is -0.405 e. The van der Waals surface area contributed by atoms with E-state index in [4.69, 9.17) is 18.6 Å². The van der Waals surface area contributed by atoms with Crippen LogP contribution in [0.2, 0.25) is 5.04 Å². The Bertz CT molecular complexity index is 914. The van der Waals surface area contributed by atoms with Crippen molar-refractivity contribution in [1.29, 1.82) is 0 Å². The molecule has 0 aliphatic carbocycles. The van der Waals surface area contributed by atoms with Gasteiger partial charge in [0.1, 0.15) is 12.7 Å². The monoisotopic (exact) mass is 468 g/mol. The molecule has 2 aromatic carbocycles. The SMILES string of the molecule is CC(C[C@@H]1OCC(=O)[C@H]2OC(C)(C)O[C@@H]12)O[Si](c1ccccc1)(c1ccccc1)C(C)(C)C. The summed E-state index contributed by atoms with van der Waals surface area (Å²) in [6, 6.07) is 21.2. The molecule has 2 heterocycles. The van der Waals surface area contributed by atoms with Crippen molar-refractivity contribution >= 4 is 24.5 Å². The van der Waals surface area contributed by atoms with Crippen molar-refractivity contribution in [3.05, 3.63) is 60.7 Å². The van der Waals surface area contributed by atoms with Crippen LogP contribution < -0.4 is 10.4 Å². The van der Waals surface area contributed by atoms with Gasteiger partial charge < -0.3 is 18.6 Å². The normalized spacial score (nSPS) is 26.1. The number of hydrogen-bond donors (Lipinski definition) is 0. The molecular formula is C27H36O5Si. The molecule has 0 aromatic heterocycles. The van der Waals surface area contributed by atoms with Gasteiger partial charge in [-0.3, -0.25) is 4.79 Å². The summed E-state index contributed by atoms with van der Waals surface area (Å²) < 4.78 is 25.1. The van der Waals surface area contributed by atoms with Crippen LogP contribution in [0.25, 0.3) is 0 Å². The van der Waals surface area contributed by atoms with Crippen LogP contribution in [0.3, 0.4) is 0 Å². The number of fused-ring (bicyclic) bond motifs is 1. The number of ether oxygens (including phenoxy) is 3. The lowest BCUT2D eigenvalue weighted by Crippen LogP contribution is -2.67. The summed E-state index contributed by atoms with van der Waals surface area (Å²) in [7, 11) is -2.67. The van der Waals surface area contributed by atoms with Crippen LogP contribution in [0.5, 0.6) is 0 Å². The van der Waals surface area contributed by atoms with Crippen molar-refractivity contribution in [2.24, 2.45) is 0 Å². The third-order valence-corrected chi connectivity index (χ3v) is 11.8. The first-order valence-electron chi connectivity index (χ1n) is 11.8. The Morgan fingerprint density at radius 1 is 1.00 bits per heavy atom. The van der Waals surface area contributed by atoms with Crippen LogP contribution >= 0.6 is 0 Å². The molecule has 178 valence electrons. The average molecular weight is 469 g/mol. The van der Waals surface area contributed by atoms with Crippen LogP contribution in [-0.4, -0.2) is 50.9 Å². The Balaban J connectivity index is 1.65. The highest BCUT2D eigenvalue weighted by atomic mass is 28.4. The number of carbonyl (C=O) groups is 1. The molecule has 2 aromatic rings. The summed E-state index contributed by atoms with van der Waals surface area (Å²) in [6.45, 7) is 12.7. The minimum atomic E-state index is -2.67. The molecule has 4 atom stereocenters. The summed E-state index contributed by atoms with van der Waals surface area (Å²) in [5.41, 5.74) is 0. The lowest BCUT2D eigenvalue weighted by atomic mass is 9.97. The van der Waals surface area contributed by atoms with Gasteiger partial charge in [0, 0.05) is 12.5 Å². The zero-order valence-electron chi connectivity index (χ0n) is 20.5. The first-order chi connectivity index (χ1) is 15.5. The Morgan fingerprint density at radius 2 is 1.55 bits per heavy atom. The second kappa shape index (κ2) is 9.08. The first kappa shape index (κ1) is 24.3. The summed E-state index contributed by atoms with van der Waals surface area (Å²) in [5, 5.41) is 2.38. The van der Waals surface area contributed by atoms with Gasteiger partial charge in [-0.15, -0.1) is 0 Å². The quantitative estimate of drug-likeness (QED) is 0.603. The second-order valence-electron chi connectivity index (χ2n) is 10.7. The number of benzene rings is 2. The van der Waals surface area contributed by atoms with E-state index in [1.807, 2.05) is 26.0 Å². The Kier molecular flexibility index (Phi) is 6.68. The maximum absolute atomic E-state index is 12.4. The summed E-state index contributed by atoms with van der Waals surface area (Å²) >= 11 is 0. The molecule has 0 N–H and O–H groups in total. The molecule has 0 radical (unpaired) electrons. The van der Waals surface area contributed by atoms with E-state index in [0.717, 1.165) is 0 Å². The minimum absolute atomic E-state index is 0.0528. The molecule has 2 aliphatic rings. The lowest BCUT2D eigenvalue weighted by molar-refractivity contribution is -0.156. The fraction of sp³-hybridized carbons (Fsp3) is 0.519. The highest BCUT2D eigenvalue weighted by Crippen LogP contribution is 2.39. The van der Waals surface area contributed by atoms with Gasteiger partial charge in [0.15, 0.2) is 17.7 Å². The summed E-state index contributed by atoms with van der Waals surface area (Å²) in [4.78, 5) is 12.4. The number of carbonyl (C=O) groups excluding carboxylic acids is 1. The molecular weight excluding hydrogens is 432 g/mol. The van der Waals surface area contributed by atoms with E-state index in [-0.39, 0.29) is 29.6 Å². The van der Waals surface area contributed by atoms with Crippen LogP contribution in [0, 0.1) is 0 Å². The zero-order chi connectivity index (χ0) is 23.9. The molecule has 2 saturated heterocycles. The maximum atomic E-state index is 12.4. The van der Waals surface area contributed by atoms with Gasteiger partial charge in [-0.25, -0.2) is 0 Å². The number of ketones is 1. The van der Waals surface area contributed by atoms with Crippen LogP contribution in [0.15, 0.2) is 60.7 Å². The third-order valence-electron chi connectivity index (χ3n) is 6.61. The highest BCUT2D eigenvalue weighted by Gasteiger charge is 2.54. The lowest BCUT2D eigenvalue weighted by Gasteiger charge is -2.45. The predicted molar refractivity (Wildman–Crippen MR) is 131 cm³/mol. The maximum Gasteiger partial charge on any atom is 0.261 e. The fourth-order valence-corrected chi connectivity index (χ4v) is 9.96. The average Bonchev–Trinajstić information content (AvgIpc) is 3.11. The Labute approximate surface area is 198 Å². The zero-order valence-corrected chi connectivity index (χ0v) is 21.5. The van der Waals surface area contributed by atoms with Gasteiger partial charge in [0.05, 0.1) is 6.10 Å². The predicted octanol–water partition coefficient (Wildman–Crippen LogP) is 3.83. The molecule has 33 heavy (non-hydrogen) atoms. The summed E-state index contributed by atoms with van der Waals surface area (Å²) in [5.74, 6) is -0.846. The van der Waals surface area contributed by atoms with Crippen molar-refractivity contribution < 1.29 is 23.4 Å². The molecule has 5 nitrogen and oxygen atoms in total. The molecule has 0 amide bonds. The van der Waals surface area contributed by atoms with E-state index >= 15 is 0 Å². The van der Waals surface area contributed by atoms with Crippen molar-refractivity contribution in [1.82, 2.24) is 0 Å². The molecule has 2 fully saturated rings. The number of hydrogen-bond acceptors (Lipinski definition) is 5. The smallest absolute Gasteiger partial charge is 0.261 e. The molecule has 0 saturated carbocycles. The third kappa shape index (κ3) is 4.73. The van der Waals surface area contributed by atoms with E-state index in [1.165, 1.54) is 10.4 Å². The fourth-order valence-electron chi connectivity index (χ4n) is 5.25. The van der Waals surface area contributed by atoms with Gasteiger partial charge in [0.2, 0.25) is 0 Å². The van der Waals surface area contributed by atoms with Crippen molar-refractivity contribution in [3.63, 3.8) is 0 Å². The van der Waals surface area contributed by atoms with E-state index in [0.29, 0.717) is 6.42 Å². The molecule has 0 bridgehead atoms. The number of Topliss-reactive ketones (excluding diaryl/α,β-unsaturated/α-hetero) is 1. The highest BCUT2D eigenvalue weighted by molar-refractivity contribution is 6.99. The number of rotatable bonds is 6. The van der Waals surface area contributed by atoms with Crippen LogP contribution in [-0.2, 0) is 23.4 Å². The Morgan fingerprint density at radius 3 is 2.06 bits per heavy atom. The van der Waals surface area contributed by atoms with Gasteiger partial charge in [-0.2, -0.15) is 0 Å². The van der Waals surface area contributed by atoms with Gasteiger partial charge in [-0.1, -0.05) is 81.4 Å². The van der Waals surface area contributed by atoms with Crippen molar-refractivity contribution in [2.75, 3.05) is 6.61 Å². The second-order valence-corrected chi connectivity index (χ2v) is 14.9. The molecule has 0 spiro atoms. The molecule has 1 unspecified atom stereocenters. The molecule has 4 rings (SSSR count). The van der Waals surface area contributed by atoms with E-state index in [1.54, 1.807) is 0 Å². The van der Waals surface area contributed by atoms with Crippen LogP contribution in [0.1, 0.15) is 48.0 Å². The van der Waals surface area contributed by atoms with E-state index in [2.05, 4.69) is 76.2 Å². The van der Waals surface area contributed by atoms with E-state index in [9.17, 15) is 4.79 Å². The molecule has 2 aliphatic heterocycles. The molecule has 6 heteroatoms. The van der Waals surface area contributed by atoms with Gasteiger partial charge >= 0.3 is 0 Å².